The highest BCUT2D eigenvalue weighted by Crippen LogP contribution is 2.30. The number of methoxy groups -OCH3 is 1. The van der Waals surface area contributed by atoms with Gasteiger partial charge in [0.15, 0.2) is 11.5 Å². The summed E-state index contributed by atoms with van der Waals surface area (Å²) in [6.07, 6.45) is 3.70. The summed E-state index contributed by atoms with van der Waals surface area (Å²) in [6.45, 7) is 0. The molecule has 0 aliphatic carbocycles. The SMILES string of the molecule is COc1cccc(C=Cc2ccc3ccccc3n2)c1O. The number of hydrogen-bond acceptors (Lipinski definition) is 3. The maximum Gasteiger partial charge on any atom is 0.165 e. The van der Waals surface area contributed by atoms with Gasteiger partial charge in [-0.25, -0.2) is 4.98 Å². The van der Waals surface area contributed by atoms with Crippen LogP contribution in [0, 0.1) is 0 Å². The van der Waals surface area contributed by atoms with Gasteiger partial charge in [0, 0.05) is 10.9 Å². The Balaban J connectivity index is 1.94. The molecule has 0 fully saturated rings. The highest BCUT2D eigenvalue weighted by molar-refractivity contribution is 5.81. The predicted molar refractivity (Wildman–Crippen MR) is 85.3 cm³/mol. The second-order valence-corrected chi connectivity index (χ2v) is 4.66. The van der Waals surface area contributed by atoms with Gasteiger partial charge in [-0.1, -0.05) is 36.4 Å². The Bertz CT molecular complexity index is 809. The fourth-order valence-corrected chi connectivity index (χ4v) is 2.19. The van der Waals surface area contributed by atoms with Crippen molar-refractivity contribution >= 4 is 23.1 Å². The lowest BCUT2D eigenvalue weighted by molar-refractivity contribution is 0.373. The summed E-state index contributed by atoms with van der Waals surface area (Å²) in [7, 11) is 1.54. The molecule has 2 aromatic carbocycles. The van der Waals surface area contributed by atoms with E-state index in [4.69, 9.17) is 4.74 Å². The number of phenolic OH excluding ortho intramolecular Hbond substituents is 1. The quantitative estimate of drug-likeness (QED) is 0.783. The molecule has 1 N–H and O–H groups in total. The molecule has 1 heterocycles. The van der Waals surface area contributed by atoms with E-state index in [9.17, 15) is 5.11 Å². The highest BCUT2D eigenvalue weighted by atomic mass is 16.5. The van der Waals surface area contributed by atoms with Gasteiger partial charge >= 0.3 is 0 Å². The van der Waals surface area contributed by atoms with Gasteiger partial charge in [-0.15, -0.1) is 0 Å². The normalized spacial score (nSPS) is 11.1. The van der Waals surface area contributed by atoms with Crippen molar-refractivity contribution < 1.29 is 9.84 Å². The van der Waals surface area contributed by atoms with Crippen LogP contribution < -0.4 is 4.74 Å². The van der Waals surface area contributed by atoms with Gasteiger partial charge in [0.1, 0.15) is 0 Å². The molecule has 0 atom stereocenters. The minimum atomic E-state index is 0.136. The van der Waals surface area contributed by atoms with Crippen LogP contribution in [-0.4, -0.2) is 17.2 Å². The number of nitrogens with zero attached hydrogens (tertiary/aromatic N) is 1. The second-order valence-electron chi connectivity index (χ2n) is 4.66. The van der Waals surface area contributed by atoms with Crippen molar-refractivity contribution in [1.82, 2.24) is 4.98 Å². The third-order valence-corrected chi connectivity index (χ3v) is 3.30. The van der Waals surface area contributed by atoms with E-state index < -0.39 is 0 Å². The van der Waals surface area contributed by atoms with Crippen LogP contribution in [0.4, 0.5) is 0 Å². The molecular weight excluding hydrogens is 262 g/mol. The number of fused-ring (bicyclic) bond motifs is 1. The standard InChI is InChI=1S/C18H15NO2/c1-21-17-8-4-6-14(18(17)20)10-12-15-11-9-13-5-2-3-7-16(13)19-15/h2-12,20H,1H3. The fourth-order valence-electron chi connectivity index (χ4n) is 2.19. The molecule has 104 valence electrons. The Hall–Kier alpha value is -2.81. The molecule has 1 aromatic heterocycles. The first kappa shape index (κ1) is 13.2. The zero-order chi connectivity index (χ0) is 14.7. The minimum Gasteiger partial charge on any atom is -0.504 e. The summed E-state index contributed by atoms with van der Waals surface area (Å²) >= 11 is 0. The number of hydrogen-bond donors (Lipinski definition) is 1. The summed E-state index contributed by atoms with van der Waals surface area (Å²) in [5.41, 5.74) is 2.50. The number of aromatic hydroxyl groups is 1. The largest absolute Gasteiger partial charge is 0.504 e. The van der Waals surface area contributed by atoms with Crippen molar-refractivity contribution in [2.45, 2.75) is 0 Å². The molecule has 0 spiro atoms. The summed E-state index contributed by atoms with van der Waals surface area (Å²) in [5.74, 6) is 0.598. The van der Waals surface area contributed by atoms with Gasteiger partial charge < -0.3 is 9.84 Å². The average molecular weight is 277 g/mol. The number of benzene rings is 2. The first-order valence-corrected chi connectivity index (χ1v) is 6.68. The molecule has 21 heavy (non-hydrogen) atoms. The number of ether oxygens (including phenoxy) is 1. The van der Waals surface area contributed by atoms with Crippen molar-refractivity contribution in [2.24, 2.45) is 0 Å². The molecule has 3 aromatic rings. The van der Waals surface area contributed by atoms with Crippen molar-refractivity contribution in [3.05, 3.63) is 65.9 Å². The lowest BCUT2D eigenvalue weighted by Gasteiger charge is -2.05. The second kappa shape index (κ2) is 5.67. The van der Waals surface area contributed by atoms with Crippen molar-refractivity contribution in [3.8, 4) is 11.5 Å². The smallest absolute Gasteiger partial charge is 0.165 e. The third-order valence-electron chi connectivity index (χ3n) is 3.30. The molecule has 3 heteroatoms. The van der Waals surface area contributed by atoms with E-state index in [0.29, 0.717) is 11.3 Å². The average Bonchev–Trinajstić information content (AvgIpc) is 2.54. The molecule has 0 unspecified atom stereocenters. The number of para-hydroxylation sites is 2. The van der Waals surface area contributed by atoms with Crippen LogP contribution in [0.25, 0.3) is 23.1 Å². The molecule has 3 rings (SSSR count). The lowest BCUT2D eigenvalue weighted by atomic mass is 10.1. The van der Waals surface area contributed by atoms with E-state index in [-0.39, 0.29) is 5.75 Å². The zero-order valence-electron chi connectivity index (χ0n) is 11.7. The molecule has 0 bridgehead atoms. The zero-order valence-corrected chi connectivity index (χ0v) is 11.7. The maximum atomic E-state index is 10.0. The van der Waals surface area contributed by atoms with Gasteiger partial charge in [-0.05, 0) is 30.4 Å². The highest BCUT2D eigenvalue weighted by Gasteiger charge is 2.04. The van der Waals surface area contributed by atoms with Crippen molar-refractivity contribution in [2.75, 3.05) is 7.11 Å². The monoisotopic (exact) mass is 277 g/mol. The first-order chi connectivity index (χ1) is 10.3. The van der Waals surface area contributed by atoms with Gasteiger partial charge in [0.25, 0.3) is 0 Å². The summed E-state index contributed by atoms with van der Waals surface area (Å²) in [6, 6.07) is 17.4. The van der Waals surface area contributed by atoms with Crippen LogP contribution in [0.15, 0.2) is 54.6 Å². The van der Waals surface area contributed by atoms with E-state index in [2.05, 4.69) is 4.98 Å². The Morgan fingerprint density at radius 2 is 1.81 bits per heavy atom. The molecule has 0 aliphatic rings. The Kier molecular flexibility index (Phi) is 3.56. The van der Waals surface area contributed by atoms with Crippen LogP contribution in [-0.2, 0) is 0 Å². The Morgan fingerprint density at radius 1 is 0.952 bits per heavy atom. The van der Waals surface area contributed by atoms with Crippen molar-refractivity contribution in [1.29, 1.82) is 0 Å². The van der Waals surface area contributed by atoms with Gasteiger partial charge in [-0.3, -0.25) is 0 Å². The fraction of sp³-hybridized carbons (Fsp3) is 0.0556. The molecule has 0 saturated carbocycles. The lowest BCUT2D eigenvalue weighted by Crippen LogP contribution is -1.85. The third kappa shape index (κ3) is 2.72. The van der Waals surface area contributed by atoms with E-state index in [0.717, 1.165) is 16.6 Å². The number of rotatable bonds is 3. The summed E-state index contributed by atoms with van der Waals surface area (Å²) < 4.78 is 5.10. The van der Waals surface area contributed by atoms with Crippen LogP contribution in [0.2, 0.25) is 0 Å². The topological polar surface area (TPSA) is 42.4 Å². The minimum absolute atomic E-state index is 0.136. The van der Waals surface area contributed by atoms with Crippen LogP contribution in [0.5, 0.6) is 11.5 Å². The summed E-state index contributed by atoms with van der Waals surface area (Å²) in [4.78, 5) is 4.56. The molecule has 3 nitrogen and oxygen atoms in total. The number of phenols is 1. The molecular formula is C18H15NO2. The molecule has 0 radical (unpaired) electrons. The number of aromatic nitrogens is 1. The van der Waals surface area contributed by atoms with Gasteiger partial charge in [-0.2, -0.15) is 0 Å². The molecule has 0 aliphatic heterocycles. The van der Waals surface area contributed by atoms with Crippen LogP contribution in [0.1, 0.15) is 11.3 Å². The Labute approximate surface area is 123 Å². The van der Waals surface area contributed by atoms with Crippen LogP contribution in [0.3, 0.4) is 0 Å². The van der Waals surface area contributed by atoms with Crippen LogP contribution >= 0.6 is 0 Å². The predicted octanol–water partition coefficient (Wildman–Crippen LogP) is 4.12. The van der Waals surface area contributed by atoms with E-state index in [1.165, 1.54) is 7.11 Å². The first-order valence-electron chi connectivity index (χ1n) is 6.68. The summed E-state index contributed by atoms with van der Waals surface area (Å²) in [5, 5.41) is 11.2. The Morgan fingerprint density at radius 3 is 2.67 bits per heavy atom. The van der Waals surface area contributed by atoms with Gasteiger partial charge in [0.05, 0.1) is 18.3 Å². The molecule has 0 amide bonds. The van der Waals surface area contributed by atoms with Crippen molar-refractivity contribution in [3.63, 3.8) is 0 Å². The van der Waals surface area contributed by atoms with Gasteiger partial charge in [0.2, 0.25) is 0 Å². The van der Waals surface area contributed by atoms with E-state index in [1.54, 1.807) is 6.07 Å². The van der Waals surface area contributed by atoms with E-state index >= 15 is 0 Å². The van der Waals surface area contributed by atoms with E-state index in [1.807, 2.05) is 60.7 Å². The number of pyridine rings is 1. The molecule has 0 saturated heterocycles. The maximum absolute atomic E-state index is 10.0.